The molecule has 3 heteroatoms. The van der Waals surface area contributed by atoms with Gasteiger partial charge < -0.3 is 5.32 Å². The highest BCUT2D eigenvalue weighted by Gasteiger charge is 2.07. The predicted molar refractivity (Wildman–Crippen MR) is 76.8 cm³/mol. The summed E-state index contributed by atoms with van der Waals surface area (Å²) in [6, 6.07) is 7.99. The third-order valence-corrected chi connectivity index (χ3v) is 3.46. The van der Waals surface area contributed by atoms with E-state index >= 15 is 0 Å². The molecule has 0 amide bonds. The zero-order valence-electron chi connectivity index (χ0n) is 11.4. The van der Waals surface area contributed by atoms with E-state index in [0.29, 0.717) is 5.92 Å². The molecule has 0 saturated carbocycles. The average molecular weight is 243 g/mol. The first-order chi connectivity index (χ1) is 8.74. The van der Waals surface area contributed by atoms with Gasteiger partial charge in [0.1, 0.15) is 5.82 Å². The summed E-state index contributed by atoms with van der Waals surface area (Å²) < 4.78 is 0. The van der Waals surface area contributed by atoms with Crippen LogP contribution in [0.25, 0.3) is 11.0 Å². The number of nitrogens with zero attached hydrogens (tertiary/aromatic N) is 2. The summed E-state index contributed by atoms with van der Waals surface area (Å²) in [5.74, 6) is 1.62. The second-order valence-corrected chi connectivity index (χ2v) is 4.71. The summed E-state index contributed by atoms with van der Waals surface area (Å²) in [6.07, 6.45) is 2.40. The van der Waals surface area contributed by atoms with E-state index in [1.165, 1.54) is 12.8 Å². The molecule has 0 aliphatic carbocycles. The molecule has 1 N–H and O–H groups in total. The Morgan fingerprint density at radius 1 is 1.06 bits per heavy atom. The number of aromatic nitrogens is 2. The van der Waals surface area contributed by atoms with Crippen molar-refractivity contribution in [3.05, 3.63) is 30.0 Å². The van der Waals surface area contributed by atoms with Crippen LogP contribution >= 0.6 is 0 Å². The zero-order valence-corrected chi connectivity index (χ0v) is 11.4. The van der Waals surface area contributed by atoms with E-state index in [1.54, 1.807) is 0 Å². The van der Waals surface area contributed by atoms with Crippen LogP contribution in [0.15, 0.2) is 24.3 Å². The van der Waals surface area contributed by atoms with Crippen LogP contribution in [0.4, 0.5) is 5.82 Å². The number of nitrogens with one attached hydrogen (secondary N) is 1. The Morgan fingerprint density at radius 3 is 2.28 bits per heavy atom. The summed E-state index contributed by atoms with van der Waals surface area (Å²) in [6.45, 7) is 7.44. The summed E-state index contributed by atoms with van der Waals surface area (Å²) >= 11 is 0. The minimum atomic E-state index is 0.706. The van der Waals surface area contributed by atoms with Gasteiger partial charge in [-0.15, -0.1) is 0 Å². The zero-order chi connectivity index (χ0) is 13.0. The van der Waals surface area contributed by atoms with Gasteiger partial charge in [-0.25, -0.2) is 9.97 Å². The number of anilines is 1. The van der Waals surface area contributed by atoms with E-state index in [-0.39, 0.29) is 0 Å². The molecule has 0 aliphatic heterocycles. The quantitative estimate of drug-likeness (QED) is 0.868. The summed E-state index contributed by atoms with van der Waals surface area (Å²) in [5.41, 5.74) is 2.89. The van der Waals surface area contributed by atoms with Gasteiger partial charge in [0.25, 0.3) is 0 Å². The van der Waals surface area contributed by atoms with Crippen molar-refractivity contribution in [3.8, 4) is 0 Å². The smallest absolute Gasteiger partial charge is 0.148 e. The van der Waals surface area contributed by atoms with Crippen LogP contribution in [-0.2, 0) is 0 Å². The maximum atomic E-state index is 4.64. The Kier molecular flexibility index (Phi) is 4.13. The van der Waals surface area contributed by atoms with Gasteiger partial charge in [-0.2, -0.15) is 0 Å². The fourth-order valence-corrected chi connectivity index (χ4v) is 2.07. The highest BCUT2D eigenvalue weighted by atomic mass is 15.0. The Labute approximate surface area is 109 Å². The third-order valence-electron chi connectivity index (χ3n) is 3.46. The first-order valence-corrected chi connectivity index (χ1v) is 6.71. The van der Waals surface area contributed by atoms with Crippen LogP contribution in [0, 0.1) is 12.8 Å². The molecule has 18 heavy (non-hydrogen) atoms. The van der Waals surface area contributed by atoms with Gasteiger partial charge in [-0.1, -0.05) is 38.8 Å². The Hall–Kier alpha value is -1.64. The number of aryl methyl sites for hydroxylation is 1. The summed E-state index contributed by atoms with van der Waals surface area (Å²) in [4.78, 5) is 9.22. The van der Waals surface area contributed by atoms with Crippen molar-refractivity contribution < 1.29 is 0 Å². The van der Waals surface area contributed by atoms with Crippen LogP contribution in [0.5, 0.6) is 0 Å². The monoisotopic (exact) mass is 243 g/mol. The van der Waals surface area contributed by atoms with Crippen molar-refractivity contribution in [1.82, 2.24) is 9.97 Å². The van der Waals surface area contributed by atoms with Crippen LogP contribution in [0.3, 0.4) is 0 Å². The van der Waals surface area contributed by atoms with Crippen LogP contribution < -0.4 is 5.32 Å². The van der Waals surface area contributed by atoms with Crippen molar-refractivity contribution >= 4 is 16.9 Å². The van der Waals surface area contributed by atoms with Gasteiger partial charge in [0.05, 0.1) is 16.7 Å². The molecule has 3 nitrogen and oxygen atoms in total. The number of para-hydroxylation sites is 2. The van der Waals surface area contributed by atoms with Gasteiger partial charge >= 0.3 is 0 Å². The van der Waals surface area contributed by atoms with Gasteiger partial charge in [-0.05, 0) is 25.0 Å². The fourth-order valence-electron chi connectivity index (χ4n) is 2.07. The Balaban J connectivity index is 2.20. The standard InChI is InChI=1S/C15H21N3/c1-4-12(5-2)10-16-15-11(3)17-13-8-6-7-9-14(13)18-15/h6-9,12H,4-5,10H2,1-3H3,(H,16,18). The minimum Gasteiger partial charge on any atom is -0.368 e. The van der Waals surface area contributed by atoms with E-state index in [2.05, 4.69) is 29.1 Å². The molecular formula is C15H21N3. The average Bonchev–Trinajstić information content (AvgIpc) is 2.40. The van der Waals surface area contributed by atoms with Gasteiger partial charge in [-0.3, -0.25) is 0 Å². The van der Waals surface area contributed by atoms with Gasteiger partial charge in [0, 0.05) is 6.54 Å². The van der Waals surface area contributed by atoms with Gasteiger partial charge in [0.2, 0.25) is 0 Å². The molecule has 0 unspecified atom stereocenters. The van der Waals surface area contributed by atoms with E-state index < -0.39 is 0 Å². The molecule has 0 atom stereocenters. The molecule has 0 radical (unpaired) electrons. The second-order valence-electron chi connectivity index (χ2n) is 4.71. The Morgan fingerprint density at radius 2 is 1.67 bits per heavy atom. The number of rotatable bonds is 5. The second kappa shape index (κ2) is 5.80. The highest BCUT2D eigenvalue weighted by Crippen LogP contribution is 2.17. The van der Waals surface area contributed by atoms with Crippen LogP contribution in [0.1, 0.15) is 32.4 Å². The molecule has 1 aromatic heterocycles. The lowest BCUT2D eigenvalue weighted by molar-refractivity contribution is 0.518. The molecular weight excluding hydrogens is 222 g/mol. The normalized spacial score (nSPS) is 11.1. The van der Waals surface area contributed by atoms with Crippen LogP contribution in [-0.4, -0.2) is 16.5 Å². The van der Waals surface area contributed by atoms with E-state index in [1.807, 2.05) is 31.2 Å². The van der Waals surface area contributed by atoms with Crippen molar-refractivity contribution in [2.24, 2.45) is 5.92 Å². The molecule has 0 fully saturated rings. The lowest BCUT2D eigenvalue weighted by atomic mass is 10.0. The molecule has 0 saturated heterocycles. The fraction of sp³-hybridized carbons (Fsp3) is 0.467. The molecule has 0 spiro atoms. The first kappa shape index (κ1) is 12.8. The highest BCUT2D eigenvalue weighted by molar-refractivity contribution is 5.76. The van der Waals surface area contributed by atoms with Crippen molar-refractivity contribution in [2.75, 3.05) is 11.9 Å². The number of fused-ring (bicyclic) bond motifs is 1. The molecule has 2 rings (SSSR count). The third kappa shape index (κ3) is 2.78. The molecule has 1 heterocycles. The molecule has 1 aromatic carbocycles. The number of hydrogen-bond acceptors (Lipinski definition) is 3. The largest absolute Gasteiger partial charge is 0.368 e. The van der Waals surface area contributed by atoms with Crippen LogP contribution in [0.2, 0.25) is 0 Å². The topological polar surface area (TPSA) is 37.8 Å². The molecule has 0 aliphatic rings. The van der Waals surface area contributed by atoms with E-state index in [0.717, 1.165) is 29.1 Å². The maximum absolute atomic E-state index is 4.64. The van der Waals surface area contributed by atoms with Gasteiger partial charge in [0.15, 0.2) is 0 Å². The van der Waals surface area contributed by atoms with Crippen molar-refractivity contribution in [3.63, 3.8) is 0 Å². The van der Waals surface area contributed by atoms with Crippen molar-refractivity contribution in [1.29, 1.82) is 0 Å². The molecule has 0 bridgehead atoms. The maximum Gasteiger partial charge on any atom is 0.148 e. The Bertz CT molecular complexity index is 518. The van der Waals surface area contributed by atoms with E-state index in [9.17, 15) is 0 Å². The number of hydrogen-bond donors (Lipinski definition) is 1. The predicted octanol–water partition coefficient (Wildman–Crippen LogP) is 3.79. The molecule has 96 valence electrons. The first-order valence-electron chi connectivity index (χ1n) is 6.71. The SMILES string of the molecule is CCC(CC)CNc1nc2ccccc2nc1C. The number of benzene rings is 1. The van der Waals surface area contributed by atoms with E-state index in [4.69, 9.17) is 0 Å². The molecule has 2 aromatic rings. The lowest BCUT2D eigenvalue weighted by Gasteiger charge is -2.15. The summed E-state index contributed by atoms with van der Waals surface area (Å²) in [7, 11) is 0. The van der Waals surface area contributed by atoms with Crippen molar-refractivity contribution in [2.45, 2.75) is 33.6 Å². The lowest BCUT2D eigenvalue weighted by Crippen LogP contribution is -2.14. The summed E-state index contributed by atoms with van der Waals surface area (Å²) in [5, 5.41) is 3.43. The minimum absolute atomic E-state index is 0.706.